The molecule has 192 valence electrons. The molecule has 0 saturated carbocycles. The van der Waals surface area contributed by atoms with Crippen molar-refractivity contribution >= 4 is 21.6 Å². The maximum Gasteiger partial charge on any atom is 0.264 e. The van der Waals surface area contributed by atoms with Gasteiger partial charge in [0.25, 0.3) is 10.0 Å². The summed E-state index contributed by atoms with van der Waals surface area (Å²) in [5.74, 6) is 1.45. The Bertz CT molecular complexity index is 1280. The minimum Gasteiger partial charge on any atom is -0.493 e. The number of aryl methyl sites for hydroxylation is 1. The first-order valence-corrected chi connectivity index (χ1v) is 12.7. The van der Waals surface area contributed by atoms with Crippen LogP contribution < -0.4 is 18.5 Å². The fraction of sp³-hybridized carbons (Fsp3) is 0.296. The monoisotopic (exact) mass is 512 g/mol. The smallest absolute Gasteiger partial charge is 0.264 e. The highest BCUT2D eigenvalue weighted by Gasteiger charge is 2.21. The molecule has 0 heterocycles. The van der Waals surface area contributed by atoms with Crippen LogP contribution in [0.25, 0.3) is 0 Å². The molecule has 8 nitrogen and oxygen atoms in total. The Morgan fingerprint density at radius 1 is 0.806 bits per heavy atom. The molecule has 3 rings (SSSR count). The van der Waals surface area contributed by atoms with Gasteiger partial charge < -0.3 is 19.1 Å². The third-order valence-corrected chi connectivity index (χ3v) is 7.70. The van der Waals surface area contributed by atoms with Crippen molar-refractivity contribution in [2.75, 3.05) is 39.7 Å². The van der Waals surface area contributed by atoms with Crippen molar-refractivity contribution in [3.8, 4) is 17.2 Å². The number of methoxy groups -OCH3 is 3. The van der Waals surface area contributed by atoms with Crippen LogP contribution in [0.2, 0.25) is 0 Å². The summed E-state index contributed by atoms with van der Waals surface area (Å²) < 4.78 is 43.2. The summed E-state index contributed by atoms with van der Waals surface area (Å²) >= 11 is 0. The zero-order chi connectivity index (χ0) is 26.5. The molecule has 0 spiro atoms. The number of likely N-dealkylation sites (N-methyl/N-ethyl adjacent to an activating group) is 1. The molecule has 0 aromatic heterocycles. The van der Waals surface area contributed by atoms with Crippen molar-refractivity contribution in [3.63, 3.8) is 0 Å². The molecule has 9 heteroatoms. The number of hydrogen-bond acceptors (Lipinski definition) is 6. The van der Waals surface area contributed by atoms with Crippen LogP contribution in [-0.2, 0) is 27.8 Å². The van der Waals surface area contributed by atoms with Gasteiger partial charge in [0.05, 0.1) is 38.3 Å². The van der Waals surface area contributed by atoms with Gasteiger partial charge in [0.2, 0.25) is 11.7 Å². The van der Waals surface area contributed by atoms with E-state index in [4.69, 9.17) is 14.2 Å². The second-order valence-corrected chi connectivity index (χ2v) is 10.4. The number of carbonyl (C=O) groups is 1. The van der Waals surface area contributed by atoms with E-state index in [2.05, 4.69) is 0 Å². The lowest BCUT2D eigenvalue weighted by Gasteiger charge is -2.21. The lowest BCUT2D eigenvalue weighted by Crippen LogP contribution is -2.28. The molecule has 0 atom stereocenters. The molecule has 0 bridgehead atoms. The van der Waals surface area contributed by atoms with Gasteiger partial charge in [0.1, 0.15) is 0 Å². The molecule has 0 N–H and O–H groups in total. The number of sulfonamides is 1. The van der Waals surface area contributed by atoms with E-state index in [9.17, 15) is 13.2 Å². The fourth-order valence-corrected chi connectivity index (χ4v) is 4.92. The van der Waals surface area contributed by atoms with E-state index in [-0.39, 0.29) is 17.2 Å². The number of anilines is 1. The maximum atomic E-state index is 12.9. The van der Waals surface area contributed by atoms with E-state index < -0.39 is 10.0 Å². The lowest BCUT2D eigenvalue weighted by molar-refractivity contribution is -0.129. The zero-order valence-electron chi connectivity index (χ0n) is 21.4. The van der Waals surface area contributed by atoms with E-state index in [0.29, 0.717) is 29.5 Å². The summed E-state index contributed by atoms with van der Waals surface area (Å²) in [5.41, 5.74) is 3.11. The average Bonchev–Trinajstić information content (AvgIpc) is 2.88. The highest BCUT2D eigenvalue weighted by Crippen LogP contribution is 2.38. The molecule has 0 aliphatic carbocycles. The average molecular weight is 513 g/mol. The number of hydrogen-bond donors (Lipinski definition) is 0. The molecule has 0 radical (unpaired) electrons. The number of carbonyl (C=O) groups excluding carboxylic acids is 1. The molecular formula is C27H32N2O6S. The Labute approximate surface area is 213 Å². The quantitative estimate of drug-likeness (QED) is 0.408. The minimum absolute atomic E-state index is 0.0860. The van der Waals surface area contributed by atoms with Crippen LogP contribution in [-0.4, -0.2) is 54.6 Å². The van der Waals surface area contributed by atoms with Gasteiger partial charge in [0, 0.05) is 20.6 Å². The first-order valence-electron chi connectivity index (χ1n) is 11.3. The summed E-state index contributed by atoms with van der Waals surface area (Å²) in [4.78, 5) is 14.7. The van der Waals surface area contributed by atoms with Gasteiger partial charge in [-0.05, 0) is 54.4 Å². The van der Waals surface area contributed by atoms with E-state index in [1.165, 1.54) is 18.5 Å². The van der Waals surface area contributed by atoms with Crippen LogP contribution in [0.4, 0.5) is 5.69 Å². The van der Waals surface area contributed by atoms with Crippen molar-refractivity contribution in [1.82, 2.24) is 4.90 Å². The largest absolute Gasteiger partial charge is 0.493 e. The number of nitrogens with zero attached hydrogens (tertiary/aromatic N) is 2. The van der Waals surface area contributed by atoms with Crippen LogP contribution in [0.1, 0.15) is 16.7 Å². The van der Waals surface area contributed by atoms with E-state index in [1.807, 2.05) is 19.1 Å². The Morgan fingerprint density at radius 3 is 1.86 bits per heavy atom. The lowest BCUT2D eigenvalue weighted by atomic mass is 10.1. The third kappa shape index (κ3) is 5.91. The van der Waals surface area contributed by atoms with Crippen LogP contribution in [0.15, 0.2) is 65.6 Å². The predicted octanol–water partition coefficient (Wildman–Crippen LogP) is 4.05. The summed E-state index contributed by atoms with van der Waals surface area (Å²) in [7, 11) is 4.19. The first kappa shape index (κ1) is 26.9. The van der Waals surface area contributed by atoms with Crippen molar-refractivity contribution in [2.45, 2.75) is 24.8 Å². The number of rotatable bonds is 10. The Kier molecular flexibility index (Phi) is 8.47. The van der Waals surface area contributed by atoms with Crippen molar-refractivity contribution in [1.29, 1.82) is 0 Å². The number of amides is 1. The van der Waals surface area contributed by atoms with Crippen LogP contribution in [0.5, 0.6) is 17.2 Å². The molecular weight excluding hydrogens is 480 g/mol. The SMILES string of the molecule is COc1cc(CN(C)C(=O)Cc2ccc(N(C)S(=O)(=O)c3ccc(C)cc3)cc2)cc(OC)c1OC. The second-order valence-electron chi connectivity index (χ2n) is 8.41. The molecule has 3 aromatic rings. The predicted molar refractivity (Wildman–Crippen MR) is 139 cm³/mol. The molecule has 0 fully saturated rings. The standard InChI is InChI=1S/C27H32N2O6S/c1-19-7-13-23(14-8-19)36(31,32)29(3)22-11-9-20(10-12-22)17-26(30)28(2)18-21-15-24(33-4)27(35-6)25(16-21)34-5/h7-16H,17-18H2,1-6H3. The summed E-state index contributed by atoms with van der Waals surface area (Å²) in [6.45, 7) is 2.26. The highest BCUT2D eigenvalue weighted by molar-refractivity contribution is 7.92. The third-order valence-electron chi connectivity index (χ3n) is 5.90. The normalized spacial score (nSPS) is 11.1. The maximum absolute atomic E-state index is 12.9. The summed E-state index contributed by atoms with van der Waals surface area (Å²) in [5, 5.41) is 0. The minimum atomic E-state index is -3.68. The van der Waals surface area contributed by atoms with E-state index in [0.717, 1.165) is 16.7 Å². The molecule has 1 amide bonds. The van der Waals surface area contributed by atoms with Gasteiger partial charge in [-0.15, -0.1) is 0 Å². The zero-order valence-corrected chi connectivity index (χ0v) is 22.3. The van der Waals surface area contributed by atoms with E-state index in [1.54, 1.807) is 74.7 Å². The van der Waals surface area contributed by atoms with Crippen molar-refractivity contribution < 1.29 is 27.4 Å². The summed E-state index contributed by atoms with van der Waals surface area (Å²) in [6.07, 6.45) is 0.176. The van der Waals surface area contributed by atoms with Crippen molar-refractivity contribution in [2.24, 2.45) is 0 Å². The van der Waals surface area contributed by atoms with Gasteiger partial charge in [-0.3, -0.25) is 9.10 Å². The van der Waals surface area contributed by atoms with Crippen LogP contribution >= 0.6 is 0 Å². The number of ether oxygens (including phenoxy) is 3. The van der Waals surface area contributed by atoms with Crippen molar-refractivity contribution in [3.05, 3.63) is 77.4 Å². The molecule has 0 saturated heterocycles. The Balaban J connectivity index is 1.69. The van der Waals surface area contributed by atoms with Gasteiger partial charge in [-0.1, -0.05) is 29.8 Å². The van der Waals surface area contributed by atoms with Gasteiger partial charge in [-0.25, -0.2) is 8.42 Å². The topological polar surface area (TPSA) is 85.4 Å². The van der Waals surface area contributed by atoms with E-state index >= 15 is 0 Å². The van der Waals surface area contributed by atoms with Crippen LogP contribution in [0, 0.1) is 6.92 Å². The molecule has 0 aliphatic rings. The van der Waals surface area contributed by atoms with Crippen LogP contribution in [0.3, 0.4) is 0 Å². The molecule has 3 aromatic carbocycles. The van der Waals surface area contributed by atoms with Gasteiger partial charge >= 0.3 is 0 Å². The Hall–Kier alpha value is -3.72. The first-order chi connectivity index (χ1) is 17.1. The van der Waals surface area contributed by atoms with Gasteiger partial charge in [0.15, 0.2) is 11.5 Å². The van der Waals surface area contributed by atoms with Gasteiger partial charge in [-0.2, -0.15) is 0 Å². The summed E-state index contributed by atoms with van der Waals surface area (Å²) in [6, 6.07) is 17.3. The number of benzene rings is 3. The fourth-order valence-electron chi connectivity index (χ4n) is 3.73. The molecule has 0 unspecified atom stereocenters. The highest BCUT2D eigenvalue weighted by atomic mass is 32.2. The molecule has 36 heavy (non-hydrogen) atoms. The second kappa shape index (κ2) is 11.3. The Morgan fingerprint density at radius 2 is 1.36 bits per heavy atom. The molecule has 0 aliphatic heterocycles.